The van der Waals surface area contributed by atoms with Crippen molar-refractivity contribution >= 4 is 23.3 Å². The third kappa shape index (κ3) is 3.02. The van der Waals surface area contributed by atoms with Crippen molar-refractivity contribution in [3.63, 3.8) is 0 Å². The normalized spacial score (nSPS) is 10.1. The van der Waals surface area contributed by atoms with E-state index in [1.165, 1.54) is 6.07 Å². The fourth-order valence-corrected chi connectivity index (χ4v) is 2.18. The predicted molar refractivity (Wildman–Crippen MR) is 81.6 cm³/mol. The van der Waals surface area contributed by atoms with Crippen LogP contribution in [0.15, 0.2) is 42.5 Å². The van der Waals surface area contributed by atoms with Gasteiger partial charge in [0.15, 0.2) is 0 Å². The molecule has 5 heteroatoms. The SMILES string of the molecule is CCc1c(NC(=O)c2ccccc2N)cccc1C(=O)O. The Kier molecular flexibility index (Phi) is 4.23. The molecule has 0 saturated heterocycles. The molecule has 0 radical (unpaired) electrons. The number of nitrogens with two attached hydrogens (primary N) is 1. The molecule has 0 aliphatic heterocycles. The van der Waals surface area contributed by atoms with Crippen LogP contribution in [0.1, 0.15) is 33.2 Å². The number of amides is 1. The second-order valence-corrected chi connectivity index (χ2v) is 4.53. The molecule has 5 nitrogen and oxygen atoms in total. The van der Waals surface area contributed by atoms with Crippen molar-refractivity contribution in [1.82, 2.24) is 0 Å². The second-order valence-electron chi connectivity index (χ2n) is 4.53. The summed E-state index contributed by atoms with van der Waals surface area (Å²) in [6.45, 7) is 1.84. The highest BCUT2D eigenvalue weighted by molar-refractivity contribution is 6.08. The van der Waals surface area contributed by atoms with Crippen molar-refractivity contribution in [2.45, 2.75) is 13.3 Å². The van der Waals surface area contributed by atoms with Crippen LogP contribution in [0.5, 0.6) is 0 Å². The number of carboxylic acid groups (broad SMARTS) is 1. The Morgan fingerprint density at radius 1 is 1.10 bits per heavy atom. The van der Waals surface area contributed by atoms with E-state index in [0.29, 0.717) is 28.9 Å². The summed E-state index contributed by atoms with van der Waals surface area (Å²) in [7, 11) is 0. The fourth-order valence-electron chi connectivity index (χ4n) is 2.18. The van der Waals surface area contributed by atoms with Crippen molar-refractivity contribution in [3.8, 4) is 0 Å². The number of para-hydroxylation sites is 1. The molecular weight excluding hydrogens is 268 g/mol. The molecule has 2 rings (SSSR count). The third-order valence-electron chi connectivity index (χ3n) is 3.21. The topological polar surface area (TPSA) is 92.4 Å². The van der Waals surface area contributed by atoms with Crippen LogP contribution in [-0.4, -0.2) is 17.0 Å². The van der Waals surface area contributed by atoms with E-state index in [1.807, 2.05) is 6.92 Å². The number of hydrogen-bond donors (Lipinski definition) is 3. The van der Waals surface area contributed by atoms with E-state index in [-0.39, 0.29) is 11.5 Å². The molecule has 0 unspecified atom stereocenters. The summed E-state index contributed by atoms with van der Waals surface area (Å²) in [5.74, 6) is -1.37. The zero-order valence-corrected chi connectivity index (χ0v) is 11.6. The third-order valence-corrected chi connectivity index (χ3v) is 3.21. The number of hydrogen-bond acceptors (Lipinski definition) is 3. The molecule has 0 heterocycles. The Hall–Kier alpha value is -2.82. The summed E-state index contributed by atoms with van der Waals surface area (Å²) in [6.07, 6.45) is 0.502. The summed E-state index contributed by atoms with van der Waals surface area (Å²) < 4.78 is 0. The van der Waals surface area contributed by atoms with Crippen LogP contribution in [0.4, 0.5) is 11.4 Å². The van der Waals surface area contributed by atoms with Gasteiger partial charge >= 0.3 is 5.97 Å². The summed E-state index contributed by atoms with van der Waals surface area (Å²) in [4.78, 5) is 23.5. The summed E-state index contributed by atoms with van der Waals surface area (Å²) in [5.41, 5.74) is 7.78. The van der Waals surface area contributed by atoms with Crippen LogP contribution in [-0.2, 0) is 6.42 Å². The highest BCUT2D eigenvalue weighted by atomic mass is 16.4. The molecule has 21 heavy (non-hydrogen) atoms. The van der Waals surface area contributed by atoms with Crippen LogP contribution >= 0.6 is 0 Å². The molecule has 2 aromatic carbocycles. The van der Waals surface area contributed by atoms with Crippen molar-refractivity contribution in [2.75, 3.05) is 11.1 Å². The van der Waals surface area contributed by atoms with Gasteiger partial charge in [0.05, 0.1) is 11.1 Å². The number of benzene rings is 2. The zero-order chi connectivity index (χ0) is 15.4. The van der Waals surface area contributed by atoms with Crippen molar-refractivity contribution in [2.24, 2.45) is 0 Å². The van der Waals surface area contributed by atoms with E-state index in [2.05, 4.69) is 5.32 Å². The lowest BCUT2D eigenvalue weighted by atomic mass is 10.0. The molecule has 0 saturated carbocycles. The zero-order valence-electron chi connectivity index (χ0n) is 11.6. The highest BCUT2D eigenvalue weighted by Crippen LogP contribution is 2.22. The Morgan fingerprint density at radius 2 is 1.76 bits per heavy atom. The first-order valence-corrected chi connectivity index (χ1v) is 6.55. The highest BCUT2D eigenvalue weighted by Gasteiger charge is 2.15. The van der Waals surface area contributed by atoms with Gasteiger partial charge in [0.25, 0.3) is 5.91 Å². The minimum Gasteiger partial charge on any atom is -0.478 e. The molecule has 0 aliphatic carbocycles. The molecule has 0 aliphatic rings. The van der Waals surface area contributed by atoms with E-state index in [1.54, 1.807) is 36.4 Å². The number of rotatable bonds is 4. The maximum atomic E-state index is 12.2. The summed E-state index contributed by atoms with van der Waals surface area (Å²) >= 11 is 0. The van der Waals surface area contributed by atoms with E-state index >= 15 is 0 Å². The summed E-state index contributed by atoms with van der Waals surface area (Å²) in [5, 5.41) is 11.9. The largest absolute Gasteiger partial charge is 0.478 e. The number of carboxylic acids is 1. The average molecular weight is 284 g/mol. The van der Waals surface area contributed by atoms with Crippen LogP contribution in [0.2, 0.25) is 0 Å². The molecule has 0 bridgehead atoms. The van der Waals surface area contributed by atoms with Crippen LogP contribution < -0.4 is 11.1 Å². The van der Waals surface area contributed by atoms with Gasteiger partial charge in [0, 0.05) is 11.4 Å². The average Bonchev–Trinajstić information content (AvgIpc) is 2.47. The van der Waals surface area contributed by atoms with E-state index < -0.39 is 5.97 Å². The van der Waals surface area contributed by atoms with Gasteiger partial charge in [-0.15, -0.1) is 0 Å². The van der Waals surface area contributed by atoms with Crippen molar-refractivity contribution < 1.29 is 14.7 Å². The number of carbonyl (C=O) groups is 2. The minimum absolute atomic E-state index is 0.191. The molecule has 1 amide bonds. The molecule has 0 atom stereocenters. The maximum Gasteiger partial charge on any atom is 0.336 e. The molecule has 0 fully saturated rings. The molecule has 2 aromatic rings. The molecule has 0 spiro atoms. The Morgan fingerprint density at radius 3 is 2.38 bits per heavy atom. The van der Waals surface area contributed by atoms with Crippen LogP contribution in [0, 0.1) is 0 Å². The molecule has 0 aromatic heterocycles. The number of anilines is 2. The van der Waals surface area contributed by atoms with Gasteiger partial charge in [0.2, 0.25) is 0 Å². The van der Waals surface area contributed by atoms with Gasteiger partial charge in [-0.25, -0.2) is 4.79 Å². The van der Waals surface area contributed by atoms with Crippen molar-refractivity contribution in [1.29, 1.82) is 0 Å². The quantitative estimate of drug-likeness (QED) is 0.753. The van der Waals surface area contributed by atoms with Crippen molar-refractivity contribution in [3.05, 3.63) is 59.2 Å². The lowest BCUT2D eigenvalue weighted by Crippen LogP contribution is -2.16. The van der Waals surface area contributed by atoms with Crippen LogP contribution in [0.25, 0.3) is 0 Å². The standard InChI is InChI=1S/C16H16N2O3/c1-2-10-11(16(20)21)7-5-9-14(10)18-15(19)12-6-3-4-8-13(12)17/h3-9H,2,17H2,1H3,(H,18,19)(H,20,21). The monoisotopic (exact) mass is 284 g/mol. The van der Waals surface area contributed by atoms with Gasteiger partial charge in [-0.05, 0) is 36.2 Å². The lowest BCUT2D eigenvalue weighted by molar-refractivity contribution is 0.0695. The molecule has 4 N–H and O–H groups in total. The first-order valence-electron chi connectivity index (χ1n) is 6.55. The van der Waals surface area contributed by atoms with Crippen LogP contribution in [0.3, 0.4) is 0 Å². The van der Waals surface area contributed by atoms with Gasteiger partial charge in [-0.1, -0.05) is 25.1 Å². The van der Waals surface area contributed by atoms with E-state index in [9.17, 15) is 14.7 Å². The minimum atomic E-state index is -1.01. The number of nitrogen functional groups attached to an aromatic ring is 1. The Balaban J connectivity index is 2.36. The van der Waals surface area contributed by atoms with Gasteiger partial charge in [-0.2, -0.15) is 0 Å². The first kappa shape index (κ1) is 14.6. The van der Waals surface area contributed by atoms with E-state index in [0.717, 1.165) is 0 Å². The molecular formula is C16H16N2O3. The van der Waals surface area contributed by atoms with Gasteiger partial charge < -0.3 is 16.2 Å². The smallest absolute Gasteiger partial charge is 0.336 e. The first-order chi connectivity index (χ1) is 10.0. The van der Waals surface area contributed by atoms with E-state index in [4.69, 9.17) is 5.73 Å². The fraction of sp³-hybridized carbons (Fsp3) is 0.125. The number of aromatic carboxylic acids is 1. The predicted octanol–water partition coefficient (Wildman–Crippen LogP) is 2.78. The Labute approximate surface area is 122 Å². The van der Waals surface area contributed by atoms with Gasteiger partial charge in [-0.3, -0.25) is 4.79 Å². The second kappa shape index (κ2) is 6.09. The molecule has 108 valence electrons. The maximum absolute atomic E-state index is 12.2. The summed E-state index contributed by atoms with van der Waals surface area (Å²) in [6, 6.07) is 11.5. The lowest BCUT2D eigenvalue weighted by Gasteiger charge is -2.13. The van der Waals surface area contributed by atoms with Gasteiger partial charge in [0.1, 0.15) is 0 Å². The number of carbonyl (C=O) groups excluding carboxylic acids is 1. The number of nitrogens with one attached hydrogen (secondary N) is 1. The Bertz CT molecular complexity index is 696.